The van der Waals surface area contributed by atoms with Crippen LogP contribution in [0.4, 0.5) is 4.39 Å². The van der Waals surface area contributed by atoms with Crippen LogP contribution in [0.5, 0.6) is 0 Å². The summed E-state index contributed by atoms with van der Waals surface area (Å²) in [6, 6.07) is 7.96. The normalized spacial score (nSPS) is 12.9. The molecule has 0 unspecified atom stereocenters. The Bertz CT molecular complexity index is 240. The fraction of sp³-hybridized carbons (Fsp3) is 0.143. The molecule has 1 aromatic carbocycles. The summed E-state index contributed by atoms with van der Waals surface area (Å²) in [5, 5.41) is 0.239. The van der Waals surface area contributed by atoms with E-state index in [0.29, 0.717) is 0 Å². The third-order valence-corrected chi connectivity index (χ3v) is 3.00. The number of halogens is 1. The van der Waals surface area contributed by atoms with Crippen LogP contribution in [0, 0.1) is 0 Å². The maximum absolute atomic E-state index is 11.7. The second-order valence-corrected chi connectivity index (χ2v) is 4.31. The van der Waals surface area contributed by atoms with Crippen LogP contribution in [0.15, 0.2) is 30.3 Å². The van der Waals surface area contributed by atoms with Gasteiger partial charge in [0.25, 0.3) is 0 Å². The van der Waals surface area contributed by atoms with Crippen molar-refractivity contribution < 1.29 is 18.7 Å². The molecule has 12 heavy (non-hydrogen) atoms. The van der Waals surface area contributed by atoms with Crippen molar-refractivity contribution in [3.63, 3.8) is 0 Å². The van der Waals surface area contributed by atoms with Crippen LogP contribution in [-0.2, 0) is 4.52 Å². The third-order valence-electron chi connectivity index (χ3n) is 1.41. The van der Waals surface area contributed by atoms with E-state index in [1.807, 2.05) is 0 Å². The van der Waals surface area contributed by atoms with E-state index >= 15 is 0 Å². The molecule has 0 aliphatic carbocycles. The van der Waals surface area contributed by atoms with E-state index in [4.69, 9.17) is 0 Å². The molecule has 1 rings (SSSR count). The summed E-state index contributed by atoms with van der Waals surface area (Å²) in [6.45, 7) is -1.19. The first-order valence-electron chi connectivity index (χ1n) is 3.37. The summed E-state index contributed by atoms with van der Waals surface area (Å²) in [5.74, 6) is 0. The van der Waals surface area contributed by atoms with Gasteiger partial charge >= 0.3 is 69.1 Å². The van der Waals surface area contributed by atoms with E-state index in [1.54, 1.807) is 18.2 Å². The van der Waals surface area contributed by atoms with Crippen LogP contribution in [0.3, 0.4) is 0 Å². The molecule has 1 aromatic rings. The fourth-order valence-electron chi connectivity index (χ4n) is 0.815. The molecule has 0 amide bonds. The van der Waals surface area contributed by atoms with Gasteiger partial charge in [0.15, 0.2) is 0 Å². The molecule has 2 N–H and O–H groups in total. The van der Waals surface area contributed by atoms with Crippen LogP contribution >= 0.6 is 7.94 Å². The van der Waals surface area contributed by atoms with E-state index in [0.717, 1.165) is 0 Å². The SMILES string of the molecule is O[PH](O)(OCF)c1ccccc1. The van der Waals surface area contributed by atoms with Gasteiger partial charge in [0.05, 0.1) is 0 Å². The van der Waals surface area contributed by atoms with E-state index in [-0.39, 0.29) is 5.30 Å². The first kappa shape index (κ1) is 9.55. The molecule has 0 saturated carbocycles. The quantitative estimate of drug-likeness (QED) is 0.694. The monoisotopic (exact) mass is 192 g/mol. The summed E-state index contributed by atoms with van der Waals surface area (Å²) >= 11 is 0. The van der Waals surface area contributed by atoms with Gasteiger partial charge < -0.3 is 0 Å². The Hall–Kier alpha value is -0.540. The van der Waals surface area contributed by atoms with Gasteiger partial charge in [-0.05, 0) is 0 Å². The van der Waals surface area contributed by atoms with Gasteiger partial charge in [-0.15, -0.1) is 0 Å². The summed E-state index contributed by atoms with van der Waals surface area (Å²) in [7, 11) is -3.95. The Morgan fingerprint density at radius 3 is 2.33 bits per heavy atom. The molecule has 0 heterocycles. The summed E-state index contributed by atoms with van der Waals surface area (Å²) < 4.78 is 15.9. The van der Waals surface area contributed by atoms with Crippen molar-refractivity contribution >= 4 is 13.2 Å². The minimum absolute atomic E-state index is 0.239. The molecular weight excluding hydrogens is 182 g/mol. The number of rotatable bonds is 3. The predicted molar refractivity (Wildman–Crippen MR) is 45.9 cm³/mol. The molecule has 0 bridgehead atoms. The van der Waals surface area contributed by atoms with Crippen LogP contribution < -0.4 is 5.30 Å². The maximum atomic E-state index is 11.7. The second kappa shape index (κ2) is 3.92. The second-order valence-electron chi connectivity index (χ2n) is 2.23. The molecule has 0 aliphatic heterocycles. The summed E-state index contributed by atoms with van der Waals surface area (Å²) in [5.41, 5.74) is 0. The van der Waals surface area contributed by atoms with Crippen LogP contribution in [0.1, 0.15) is 0 Å². The van der Waals surface area contributed by atoms with Gasteiger partial charge in [-0.2, -0.15) is 0 Å². The van der Waals surface area contributed by atoms with Crippen molar-refractivity contribution in [2.45, 2.75) is 0 Å². The van der Waals surface area contributed by atoms with Crippen LogP contribution in [-0.4, -0.2) is 16.6 Å². The van der Waals surface area contributed by atoms with Crippen molar-refractivity contribution in [3.05, 3.63) is 30.3 Å². The molecule has 0 aliphatic rings. The number of benzene rings is 1. The summed E-state index contributed by atoms with van der Waals surface area (Å²) in [4.78, 5) is 18.4. The Balaban J connectivity index is 2.82. The zero-order valence-electron chi connectivity index (χ0n) is 6.27. The average Bonchev–Trinajstić information content (AvgIpc) is 2.06. The predicted octanol–water partition coefficient (Wildman–Crippen LogP) is 0.735. The van der Waals surface area contributed by atoms with Crippen molar-refractivity contribution in [2.75, 3.05) is 6.86 Å². The zero-order valence-corrected chi connectivity index (χ0v) is 7.27. The average molecular weight is 192 g/mol. The first-order chi connectivity index (χ1) is 5.67. The molecule has 3 nitrogen and oxygen atoms in total. The first-order valence-corrected chi connectivity index (χ1v) is 5.17. The standard InChI is InChI=1S/C7H10FO3P/c8-6-11-12(9,10)7-4-2-1-3-5-7/h1-5,9-10,12H,6H2. The molecular formula is C7H10FO3P. The van der Waals surface area contributed by atoms with Gasteiger partial charge in [-0.25, -0.2) is 0 Å². The van der Waals surface area contributed by atoms with E-state index in [9.17, 15) is 14.2 Å². The van der Waals surface area contributed by atoms with Gasteiger partial charge in [0.2, 0.25) is 0 Å². The van der Waals surface area contributed by atoms with Crippen molar-refractivity contribution in [1.29, 1.82) is 0 Å². The Labute approximate surface area is 70.0 Å². The summed E-state index contributed by atoms with van der Waals surface area (Å²) in [6.07, 6.45) is 0. The number of hydrogen-bond donors (Lipinski definition) is 2. The van der Waals surface area contributed by atoms with Gasteiger partial charge in [-0.1, -0.05) is 0 Å². The van der Waals surface area contributed by atoms with E-state index in [2.05, 4.69) is 4.52 Å². The minimum atomic E-state index is -3.95. The molecule has 0 aromatic heterocycles. The van der Waals surface area contributed by atoms with Gasteiger partial charge in [-0.3, -0.25) is 0 Å². The number of alkyl halides is 1. The van der Waals surface area contributed by atoms with E-state index in [1.165, 1.54) is 12.1 Å². The van der Waals surface area contributed by atoms with Crippen LogP contribution in [0.2, 0.25) is 0 Å². The van der Waals surface area contributed by atoms with Crippen molar-refractivity contribution in [3.8, 4) is 0 Å². The third kappa shape index (κ3) is 2.22. The zero-order chi connectivity index (χ0) is 9.03. The molecule has 0 atom stereocenters. The Morgan fingerprint density at radius 1 is 1.25 bits per heavy atom. The van der Waals surface area contributed by atoms with Gasteiger partial charge in [0.1, 0.15) is 0 Å². The Morgan fingerprint density at radius 2 is 1.83 bits per heavy atom. The topological polar surface area (TPSA) is 49.7 Å². The molecule has 0 radical (unpaired) electrons. The molecule has 68 valence electrons. The molecule has 5 heteroatoms. The van der Waals surface area contributed by atoms with Gasteiger partial charge in [0, 0.05) is 0 Å². The Kier molecular flexibility index (Phi) is 3.12. The van der Waals surface area contributed by atoms with Crippen LogP contribution in [0.25, 0.3) is 0 Å². The van der Waals surface area contributed by atoms with Crippen molar-refractivity contribution in [2.24, 2.45) is 0 Å². The molecule has 0 saturated heterocycles. The van der Waals surface area contributed by atoms with Crippen molar-refractivity contribution in [1.82, 2.24) is 0 Å². The fourth-order valence-corrected chi connectivity index (χ4v) is 1.76. The number of hydrogen-bond acceptors (Lipinski definition) is 3. The van der Waals surface area contributed by atoms with E-state index < -0.39 is 14.8 Å². The molecule has 0 spiro atoms. The molecule has 0 fully saturated rings.